The topological polar surface area (TPSA) is 36.4 Å². The Labute approximate surface area is 123 Å². The molecule has 1 atom stereocenters. The summed E-state index contributed by atoms with van der Waals surface area (Å²) in [5.74, 6) is 0.416. The van der Waals surface area contributed by atoms with E-state index in [9.17, 15) is 4.79 Å². The number of amides is 1. The van der Waals surface area contributed by atoms with Crippen LogP contribution in [0.1, 0.15) is 16.8 Å². The lowest BCUT2D eigenvalue weighted by molar-refractivity contribution is 0.0774. The molecule has 0 N–H and O–H groups in total. The van der Waals surface area contributed by atoms with Gasteiger partial charge in [0.15, 0.2) is 0 Å². The lowest BCUT2D eigenvalue weighted by atomic mass is 10.1. The fraction of sp³-hybridized carbons (Fsp3) is 0.538. The number of hydrogen-bond donors (Lipinski definition) is 0. The van der Waals surface area contributed by atoms with Crippen molar-refractivity contribution in [2.75, 3.05) is 33.7 Å². The molecule has 1 aliphatic heterocycles. The molecule has 0 radical (unpaired) electrons. The second-order valence-electron chi connectivity index (χ2n) is 5.09. The molecule has 1 aromatic rings. The maximum absolute atomic E-state index is 12.3. The molecule has 4 nitrogen and oxygen atoms in total. The van der Waals surface area contributed by atoms with Crippen molar-refractivity contribution in [3.8, 4) is 0 Å². The standard InChI is InChI=1S/C13H17Cl2N3O/c1-17-4-3-9(7-17)8-18(2)13(19)10-5-12(15)16-6-11(10)14/h5-6,9H,3-4,7-8H2,1-2H3. The van der Waals surface area contributed by atoms with E-state index < -0.39 is 0 Å². The number of hydrogen-bond acceptors (Lipinski definition) is 3. The molecule has 1 saturated heterocycles. The third kappa shape index (κ3) is 3.59. The number of rotatable bonds is 3. The predicted molar refractivity (Wildman–Crippen MR) is 76.8 cm³/mol. The molecule has 0 saturated carbocycles. The first-order chi connectivity index (χ1) is 8.97. The van der Waals surface area contributed by atoms with Crippen molar-refractivity contribution in [3.63, 3.8) is 0 Å². The predicted octanol–water partition coefficient (Wildman–Crippen LogP) is 2.41. The van der Waals surface area contributed by atoms with E-state index in [0.717, 1.165) is 26.1 Å². The molecule has 6 heteroatoms. The third-order valence-electron chi connectivity index (χ3n) is 3.42. The lowest BCUT2D eigenvalue weighted by Gasteiger charge is -2.21. The number of halogens is 2. The molecule has 1 fully saturated rings. The quantitative estimate of drug-likeness (QED) is 0.805. The Kier molecular flexibility index (Phi) is 4.66. The van der Waals surface area contributed by atoms with Crippen LogP contribution in [0.25, 0.3) is 0 Å². The molecule has 1 amide bonds. The van der Waals surface area contributed by atoms with E-state index in [1.807, 2.05) is 0 Å². The summed E-state index contributed by atoms with van der Waals surface area (Å²) >= 11 is 11.8. The van der Waals surface area contributed by atoms with Crippen LogP contribution in [0.5, 0.6) is 0 Å². The zero-order chi connectivity index (χ0) is 14.0. The van der Waals surface area contributed by atoms with Gasteiger partial charge in [0.05, 0.1) is 10.6 Å². The van der Waals surface area contributed by atoms with Gasteiger partial charge in [0, 0.05) is 26.3 Å². The van der Waals surface area contributed by atoms with Gasteiger partial charge in [-0.3, -0.25) is 4.79 Å². The molecule has 19 heavy (non-hydrogen) atoms. The van der Waals surface area contributed by atoms with E-state index in [1.165, 1.54) is 12.3 Å². The first kappa shape index (κ1) is 14.6. The van der Waals surface area contributed by atoms with E-state index in [-0.39, 0.29) is 11.1 Å². The smallest absolute Gasteiger partial charge is 0.255 e. The SMILES string of the molecule is CN1CCC(CN(C)C(=O)c2cc(Cl)ncc2Cl)C1. The fourth-order valence-corrected chi connectivity index (χ4v) is 2.77. The minimum absolute atomic E-state index is 0.108. The fourth-order valence-electron chi connectivity index (χ4n) is 2.43. The molecule has 0 aromatic carbocycles. The van der Waals surface area contributed by atoms with Gasteiger partial charge < -0.3 is 9.80 Å². The van der Waals surface area contributed by atoms with Gasteiger partial charge in [-0.2, -0.15) is 0 Å². The molecule has 0 bridgehead atoms. The molecular formula is C13H17Cl2N3O. The Morgan fingerprint density at radius 3 is 2.95 bits per heavy atom. The van der Waals surface area contributed by atoms with E-state index in [4.69, 9.17) is 23.2 Å². The Hall–Kier alpha value is -0.840. The van der Waals surface area contributed by atoms with Crippen LogP contribution in [-0.2, 0) is 0 Å². The minimum Gasteiger partial charge on any atom is -0.341 e. The van der Waals surface area contributed by atoms with Gasteiger partial charge in [-0.1, -0.05) is 23.2 Å². The zero-order valence-corrected chi connectivity index (χ0v) is 12.6. The summed E-state index contributed by atoms with van der Waals surface area (Å²) in [6, 6.07) is 1.52. The number of likely N-dealkylation sites (tertiary alicyclic amines) is 1. The van der Waals surface area contributed by atoms with Crippen LogP contribution in [0, 0.1) is 5.92 Å². The second-order valence-corrected chi connectivity index (χ2v) is 5.88. The Morgan fingerprint density at radius 2 is 2.32 bits per heavy atom. The summed E-state index contributed by atoms with van der Waals surface area (Å²) in [6.45, 7) is 2.86. The van der Waals surface area contributed by atoms with Crippen molar-refractivity contribution in [1.82, 2.24) is 14.8 Å². The van der Waals surface area contributed by atoms with E-state index in [2.05, 4.69) is 16.9 Å². The molecule has 104 valence electrons. The van der Waals surface area contributed by atoms with Crippen LogP contribution in [0.15, 0.2) is 12.3 Å². The Bertz CT molecular complexity index is 481. The number of carbonyl (C=O) groups is 1. The maximum Gasteiger partial charge on any atom is 0.255 e. The molecular weight excluding hydrogens is 285 g/mol. The summed E-state index contributed by atoms with van der Waals surface area (Å²) in [5, 5.41) is 0.617. The van der Waals surface area contributed by atoms with Gasteiger partial charge in [0.1, 0.15) is 5.15 Å². The van der Waals surface area contributed by atoms with E-state index in [1.54, 1.807) is 11.9 Å². The second kappa shape index (κ2) is 6.07. The van der Waals surface area contributed by atoms with E-state index in [0.29, 0.717) is 16.5 Å². The molecule has 1 unspecified atom stereocenters. The lowest BCUT2D eigenvalue weighted by Crippen LogP contribution is -2.33. The molecule has 2 heterocycles. The van der Waals surface area contributed by atoms with Crippen LogP contribution < -0.4 is 0 Å². The highest BCUT2D eigenvalue weighted by Gasteiger charge is 2.24. The molecule has 1 aromatic heterocycles. The highest BCUT2D eigenvalue weighted by molar-refractivity contribution is 6.35. The number of aromatic nitrogens is 1. The minimum atomic E-state index is -0.108. The van der Waals surface area contributed by atoms with Crippen LogP contribution in [0.2, 0.25) is 10.2 Å². The first-order valence-electron chi connectivity index (χ1n) is 6.22. The van der Waals surface area contributed by atoms with Gasteiger partial charge in [0.25, 0.3) is 5.91 Å². The summed E-state index contributed by atoms with van der Waals surface area (Å²) in [5.41, 5.74) is 0.413. The Morgan fingerprint density at radius 1 is 1.58 bits per heavy atom. The summed E-state index contributed by atoms with van der Waals surface area (Å²) in [4.78, 5) is 20.2. The molecule has 2 rings (SSSR count). The normalized spacial score (nSPS) is 19.7. The van der Waals surface area contributed by atoms with Crippen molar-refractivity contribution >= 4 is 29.1 Å². The van der Waals surface area contributed by atoms with Gasteiger partial charge in [-0.15, -0.1) is 0 Å². The van der Waals surface area contributed by atoms with E-state index >= 15 is 0 Å². The van der Waals surface area contributed by atoms with Gasteiger partial charge in [-0.25, -0.2) is 4.98 Å². The average molecular weight is 302 g/mol. The monoisotopic (exact) mass is 301 g/mol. The van der Waals surface area contributed by atoms with Crippen molar-refractivity contribution in [2.24, 2.45) is 5.92 Å². The number of nitrogens with zero attached hydrogens (tertiary/aromatic N) is 3. The molecule has 0 aliphatic carbocycles. The van der Waals surface area contributed by atoms with Crippen molar-refractivity contribution < 1.29 is 4.79 Å². The zero-order valence-electron chi connectivity index (χ0n) is 11.1. The van der Waals surface area contributed by atoms with Crippen LogP contribution >= 0.6 is 23.2 Å². The van der Waals surface area contributed by atoms with Gasteiger partial charge >= 0.3 is 0 Å². The molecule has 0 spiro atoms. The van der Waals surface area contributed by atoms with Crippen LogP contribution in [-0.4, -0.2) is 54.4 Å². The van der Waals surface area contributed by atoms with Crippen LogP contribution in [0.3, 0.4) is 0 Å². The van der Waals surface area contributed by atoms with Crippen molar-refractivity contribution in [1.29, 1.82) is 0 Å². The highest BCUT2D eigenvalue weighted by Crippen LogP contribution is 2.21. The van der Waals surface area contributed by atoms with Gasteiger partial charge in [-0.05, 0) is 32.0 Å². The van der Waals surface area contributed by atoms with Crippen LogP contribution in [0.4, 0.5) is 0 Å². The summed E-state index contributed by atoms with van der Waals surface area (Å²) in [7, 11) is 3.90. The van der Waals surface area contributed by atoms with Gasteiger partial charge in [0.2, 0.25) is 0 Å². The number of carbonyl (C=O) groups excluding carboxylic acids is 1. The van der Waals surface area contributed by atoms with Crippen molar-refractivity contribution in [2.45, 2.75) is 6.42 Å². The highest BCUT2D eigenvalue weighted by atomic mass is 35.5. The summed E-state index contributed by atoms with van der Waals surface area (Å²) in [6.07, 6.45) is 2.53. The number of pyridine rings is 1. The maximum atomic E-state index is 12.3. The average Bonchev–Trinajstić information content (AvgIpc) is 2.77. The van der Waals surface area contributed by atoms with Crippen molar-refractivity contribution in [3.05, 3.63) is 28.0 Å². The summed E-state index contributed by atoms with van der Waals surface area (Å²) < 4.78 is 0. The largest absolute Gasteiger partial charge is 0.341 e. The molecule has 1 aliphatic rings. The Balaban J connectivity index is 2.04. The first-order valence-corrected chi connectivity index (χ1v) is 6.98. The third-order valence-corrected chi connectivity index (χ3v) is 3.93.